The van der Waals surface area contributed by atoms with Gasteiger partial charge in [-0.15, -0.1) is 0 Å². The summed E-state index contributed by atoms with van der Waals surface area (Å²) >= 11 is 3.52. The molecule has 1 heterocycles. The summed E-state index contributed by atoms with van der Waals surface area (Å²) in [4.78, 5) is 4.36. The Hall–Kier alpha value is -1.29. The second-order valence-corrected chi connectivity index (χ2v) is 4.43. The minimum absolute atomic E-state index is 0.899. The summed E-state index contributed by atoms with van der Waals surface area (Å²) in [5.74, 6) is 0.899. The Kier molecular flexibility index (Phi) is 3.01. The number of nitrogens with zero attached hydrogens (tertiary/aromatic N) is 2. The summed E-state index contributed by atoms with van der Waals surface area (Å²) in [5, 5.41) is 0. The summed E-state index contributed by atoms with van der Waals surface area (Å²) in [7, 11) is 3.63. The molecule has 0 aliphatic carbocycles. The van der Waals surface area contributed by atoms with Crippen molar-refractivity contribution < 1.29 is 4.74 Å². The number of aromatic nitrogens is 2. The van der Waals surface area contributed by atoms with Crippen LogP contribution in [0.5, 0.6) is 5.75 Å². The third-order valence-electron chi connectivity index (χ3n) is 2.53. The SMILES string of the molecule is COc1ccc(-c2ncn(C)c2Br)cc1C. The highest BCUT2D eigenvalue weighted by atomic mass is 79.9. The minimum Gasteiger partial charge on any atom is -0.496 e. The van der Waals surface area contributed by atoms with Gasteiger partial charge in [0.25, 0.3) is 0 Å². The first-order chi connectivity index (χ1) is 7.63. The van der Waals surface area contributed by atoms with Crippen LogP contribution in [-0.4, -0.2) is 16.7 Å². The minimum atomic E-state index is 0.899. The lowest BCUT2D eigenvalue weighted by Gasteiger charge is -2.06. The van der Waals surface area contributed by atoms with E-state index in [9.17, 15) is 0 Å². The second-order valence-electron chi connectivity index (χ2n) is 3.68. The average Bonchev–Trinajstić information content (AvgIpc) is 2.60. The number of benzene rings is 1. The zero-order valence-corrected chi connectivity index (χ0v) is 11.1. The molecule has 84 valence electrons. The molecular formula is C12H13BrN2O. The first-order valence-corrected chi connectivity index (χ1v) is 5.74. The van der Waals surface area contributed by atoms with Crippen LogP contribution < -0.4 is 4.74 Å². The van der Waals surface area contributed by atoms with Crippen molar-refractivity contribution in [2.24, 2.45) is 7.05 Å². The summed E-state index contributed by atoms with van der Waals surface area (Å²) in [6, 6.07) is 6.05. The topological polar surface area (TPSA) is 27.1 Å². The first-order valence-electron chi connectivity index (χ1n) is 4.95. The van der Waals surface area contributed by atoms with Crippen molar-refractivity contribution in [3.05, 3.63) is 34.7 Å². The van der Waals surface area contributed by atoms with E-state index in [4.69, 9.17) is 4.74 Å². The quantitative estimate of drug-likeness (QED) is 0.845. The Balaban J connectivity index is 2.49. The number of aryl methyl sites for hydroxylation is 2. The summed E-state index contributed by atoms with van der Waals surface area (Å²) < 4.78 is 8.16. The van der Waals surface area contributed by atoms with Crippen molar-refractivity contribution >= 4 is 15.9 Å². The maximum absolute atomic E-state index is 5.23. The van der Waals surface area contributed by atoms with Gasteiger partial charge >= 0.3 is 0 Å². The molecule has 0 bridgehead atoms. The monoisotopic (exact) mass is 280 g/mol. The fourth-order valence-electron chi connectivity index (χ4n) is 1.63. The average molecular weight is 281 g/mol. The molecule has 1 aromatic carbocycles. The number of rotatable bonds is 2. The highest BCUT2D eigenvalue weighted by Gasteiger charge is 2.09. The van der Waals surface area contributed by atoms with Gasteiger partial charge in [-0.05, 0) is 46.6 Å². The smallest absolute Gasteiger partial charge is 0.121 e. The van der Waals surface area contributed by atoms with Crippen LogP contribution in [0.15, 0.2) is 29.1 Å². The van der Waals surface area contributed by atoms with E-state index in [-0.39, 0.29) is 0 Å². The van der Waals surface area contributed by atoms with Gasteiger partial charge in [0.05, 0.1) is 13.4 Å². The normalized spacial score (nSPS) is 10.5. The lowest BCUT2D eigenvalue weighted by Crippen LogP contribution is -1.89. The molecule has 2 rings (SSSR count). The van der Waals surface area contributed by atoms with Gasteiger partial charge in [0.2, 0.25) is 0 Å². The molecule has 0 amide bonds. The predicted molar refractivity (Wildman–Crippen MR) is 67.6 cm³/mol. The molecule has 0 aliphatic heterocycles. The number of halogens is 1. The third-order valence-corrected chi connectivity index (χ3v) is 3.47. The van der Waals surface area contributed by atoms with Crippen molar-refractivity contribution in [3.63, 3.8) is 0 Å². The van der Waals surface area contributed by atoms with Crippen LogP contribution in [0, 0.1) is 6.92 Å². The molecule has 2 aromatic rings. The molecular weight excluding hydrogens is 268 g/mol. The molecule has 0 atom stereocenters. The van der Waals surface area contributed by atoms with Crippen molar-refractivity contribution in [1.82, 2.24) is 9.55 Å². The molecule has 0 saturated heterocycles. The highest BCUT2D eigenvalue weighted by molar-refractivity contribution is 9.10. The molecule has 3 nitrogen and oxygen atoms in total. The maximum Gasteiger partial charge on any atom is 0.121 e. The van der Waals surface area contributed by atoms with Gasteiger partial charge in [-0.3, -0.25) is 0 Å². The lowest BCUT2D eigenvalue weighted by atomic mass is 10.1. The number of methoxy groups -OCH3 is 1. The molecule has 0 fully saturated rings. The lowest BCUT2D eigenvalue weighted by molar-refractivity contribution is 0.412. The van der Waals surface area contributed by atoms with E-state index in [2.05, 4.69) is 27.0 Å². The van der Waals surface area contributed by atoms with Gasteiger partial charge in [0.15, 0.2) is 0 Å². The van der Waals surface area contributed by atoms with Gasteiger partial charge in [-0.1, -0.05) is 0 Å². The van der Waals surface area contributed by atoms with Gasteiger partial charge < -0.3 is 9.30 Å². The molecule has 1 aromatic heterocycles. The highest BCUT2D eigenvalue weighted by Crippen LogP contribution is 2.29. The number of ether oxygens (including phenoxy) is 1. The summed E-state index contributed by atoms with van der Waals surface area (Å²) in [6.07, 6.45) is 1.79. The second kappa shape index (κ2) is 4.29. The van der Waals surface area contributed by atoms with E-state index in [1.54, 1.807) is 13.4 Å². The zero-order valence-electron chi connectivity index (χ0n) is 9.49. The Morgan fingerprint density at radius 1 is 1.38 bits per heavy atom. The molecule has 4 heteroatoms. The predicted octanol–water partition coefficient (Wildman–Crippen LogP) is 3.17. The van der Waals surface area contributed by atoms with Crippen molar-refractivity contribution in [2.45, 2.75) is 6.92 Å². The van der Waals surface area contributed by atoms with Crippen molar-refractivity contribution in [3.8, 4) is 17.0 Å². The zero-order chi connectivity index (χ0) is 11.7. The standard InChI is InChI=1S/C12H13BrN2O/c1-8-6-9(4-5-10(8)16-3)11-12(13)15(2)7-14-11/h4-7H,1-3H3. The molecule has 0 spiro atoms. The van der Waals surface area contributed by atoms with Crippen LogP contribution >= 0.6 is 15.9 Å². The Morgan fingerprint density at radius 3 is 2.62 bits per heavy atom. The van der Waals surface area contributed by atoms with E-state index in [1.807, 2.05) is 30.7 Å². The fraction of sp³-hybridized carbons (Fsp3) is 0.250. The third kappa shape index (κ3) is 1.85. The van der Waals surface area contributed by atoms with Crippen LogP contribution in [0.1, 0.15) is 5.56 Å². The number of imidazole rings is 1. The molecule has 0 N–H and O–H groups in total. The Morgan fingerprint density at radius 2 is 2.12 bits per heavy atom. The van der Waals surface area contributed by atoms with Crippen LogP contribution in [0.2, 0.25) is 0 Å². The summed E-state index contributed by atoms with van der Waals surface area (Å²) in [6.45, 7) is 2.03. The maximum atomic E-state index is 5.23. The first kappa shape index (κ1) is 11.2. The van der Waals surface area contributed by atoms with E-state index in [0.717, 1.165) is 27.2 Å². The molecule has 16 heavy (non-hydrogen) atoms. The van der Waals surface area contributed by atoms with Crippen LogP contribution in [-0.2, 0) is 7.05 Å². The van der Waals surface area contributed by atoms with Crippen molar-refractivity contribution in [1.29, 1.82) is 0 Å². The fourth-order valence-corrected chi connectivity index (χ4v) is 2.06. The molecule has 0 unspecified atom stereocenters. The molecule has 0 saturated carbocycles. The summed E-state index contributed by atoms with van der Waals surface area (Å²) in [5.41, 5.74) is 3.15. The van der Waals surface area contributed by atoms with E-state index < -0.39 is 0 Å². The number of hydrogen-bond donors (Lipinski definition) is 0. The van der Waals surface area contributed by atoms with E-state index >= 15 is 0 Å². The van der Waals surface area contributed by atoms with Gasteiger partial charge in [-0.25, -0.2) is 4.98 Å². The molecule has 0 aliphatic rings. The Labute approximate surface area is 103 Å². The van der Waals surface area contributed by atoms with E-state index in [0.29, 0.717) is 0 Å². The van der Waals surface area contributed by atoms with Crippen LogP contribution in [0.25, 0.3) is 11.3 Å². The number of hydrogen-bond acceptors (Lipinski definition) is 2. The molecule has 0 radical (unpaired) electrons. The Bertz CT molecular complexity index is 520. The van der Waals surface area contributed by atoms with Gasteiger partial charge in [0.1, 0.15) is 16.0 Å². The van der Waals surface area contributed by atoms with Gasteiger partial charge in [0, 0.05) is 12.6 Å². The van der Waals surface area contributed by atoms with Crippen LogP contribution in [0.4, 0.5) is 0 Å². The van der Waals surface area contributed by atoms with E-state index in [1.165, 1.54) is 0 Å². The largest absolute Gasteiger partial charge is 0.496 e. The van der Waals surface area contributed by atoms with Crippen LogP contribution in [0.3, 0.4) is 0 Å². The van der Waals surface area contributed by atoms with Gasteiger partial charge in [-0.2, -0.15) is 0 Å². The van der Waals surface area contributed by atoms with Crippen molar-refractivity contribution in [2.75, 3.05) is 7.11 Å².